The Morgan fingerprint density at radius 1 is 1.20 bits per heavy atom. The molecule has 4 nitrogen and oxygen atoms in total. The second-order valence-corrected chi connectivity index (χ2v) is 3.70. The lowest BCUT2D eigenvalue weighted by atomic mass is 10.1. The molecule has 0 aliphatic carbocycles. The Morgan fingerprint density at radius 2 is 1.93 bits per heavy atom. The second kappa shape index (κ2) is 6.22. The van der Waals surface area contributed by atoms with E-state index in [1.54, 1.807) is 6.20 Å². The first-order chi connectivity index (χ1) is 7.25. The third-order valence-corrected chi connectivity index (χ3v) is 2.43. The smallest absolute Gasteiger partial charge is 0.316 e. The molecule has 1 aromatic heterocycles. The molecule has 1 N–H and O–H groups in total. The van der Waals surface area contributed by atoms with Crippen molar-refractivity contribution < 1.29 is 0 Å². The zero-order valence-corrected chi connectivity index (χ0v) is 9.16. The van der Waals surface area contributed by atoms with Crippen LogP contribution in [0.2, 0.25) is 0 Å². The van der Waals surface area contributed by atoms with E-state index >= 15 is 0 Å². The fourth-order valence-corrected chi connectivity index (χ4v) is 1.52. The average molecular weight is 210 g/mol. The molecule has 1 aromatic rings. The number of nitrogens with one attached hydrogen (secondary N) is 1. The number of aryl methyl sites for hydroxylation is 1. The van der Waals surface area contributed by atoms with E-state index in [9.17, 15) is 9.59 Å². The SMILES string of the molecule is CCCCCCCn1cc[nH]c(=O)c1=O. The van der Waals surface area contributed by atoms with Crippen molar-refractivity contribution in [3.8, 4) is 0 Å². The summed E-state index contributed by atoms with van der Waals surface area (Å²) in [4.78, 5) is 24.7. The standard InChI is InChI=1S/C11H18N2O2/c1-2-3-4-5-6-8-13-9-7-12-10(14)11(13)15/h7,9H,2-6,8H2,1H3,(H,12,14). The van der Waals surface area contributed by atoms with Crippen molar-refractivity contribution in [2.45, 2.75) is 45.6 Å². The van der Waals surface area contributed by atoms with Crippen molar-refractivity contribution in [1.29, 1.82) is 0 Å². The lowest BCUT2D eigenvalue weighted by Crippen LogP contribution is -2.35. The summed E-state index contributed by atoms with van der Waals surface area (Å²) in [5, 5.41) is 0. The average Bonchev–Trinajstić information content (AvgIpc) is 2.24. The summed E-state index contributed by atoms with van der Waals surface area (Å²) in [6.07, 6.45) is 8.87. The van der Waals surface area contributed by atoms with Crippen LogP contribution in [0.1, 0.15) is 39.0 Å². The maximum absolute atomic E-state index is 11.3. The molecule has 1 heterocycles. The maximum atomic E-state index is 11.3. The van der Waals surface area contributed by atoms with Crippen LogP contribution in [0.25, 0.3) is 0 Å². The van der Waals surface area contributed by atoms with E-state index in [2.05, 4.69) is 11.9 Å². The molecule has 0 atom stereocenters. The lowest BCUT2D eigenvalue weighted by Gasteiger charge is -2.03. The van der Waals surface area contributed by atoms with E-state index in [0.717, 1.165) is 12.8 Å². The molecule has 0 aromatic carbocycles. The van der Waals surface area contributed by atoms with Gasteiger partial charge in [0.05, 0.1) is 0 Å². The predicted molar refractivity (Wildman–Crippen MR) is 60.1 cm³/mol. The molecular weight excluding hydrogens is 192 g/mol. The number of hydrogen-bond acceptors (Lipinski definition) is 2. The van der Waals surface area contributed by atoms with E-state index < -0.39 is 11.1 Å². The largest absolute Gasteiger partial charge is 0.323 e. The van der Waals surface area contributed by atoms with Crippen molar-refractivity contribution >= 4 is 0 Å². The van der Waals surface area contributed by atoms with Crippen molar-refractivity contribution in [3.63, 3.8) is 0 Å². The summed E-state index contributed by atoms with van der Waals surface area (Å²) in [7, 11) is 0. The molecule has 0 spiro atoms. The number of rotatable bonds is 6. The lowest BCUT2D eigenvalue weighted by molar-refractivity contribution is 0.554. The Kier molecular flexibility index (Phi) is 4.87. The van der Waals surface area contributed by atoms with Crippen molar-refractivity contribution in [3.05, 3.63) is 33.1 Å². The van der Waals surface area contributed by atoms with Crippen LogP contribution in [0.4, 0.5) is 0 Å². The molecule has 0 radical (unpaired) electrons. The van der Waals surface area contributed by atoms with Crippen LogP contribution in [0.15, 0.2) is 22.0 Å². The molecule has 84 valence electrons. The summed E-state index contributed by atoms with van der Waals surface area (Å²) in [5.74, 6) is 0. The Labute approximate surface area is 89.0 Å². The van der Waals surface area contributed by atoms with E-state index in [1.165, 1.54) is 30.0 Å². The zero-order chi connectivity index (χ0) is 11.1. The number of aromatic nitrogens is 2. The molecule has 15 heavy (non-hydrogen) atoms. The second-order valence-electron chi connectivity index (χ2n) is 3.70. The monoisotopic (exact) mass is 210 g/mol. The van der Waals surface area contributed by atoms with Gasteiger partial charge in [-0.05, 0) is 6.42 Å². The van der Waals surface area contributed by atoms with E-state index in [-0.39, 0.29) is 0 Å². The molecule has 0 amide bonds. The third-order valence-electron chi connectivity index (χ3n) is 2.43. The normalized spacial score (nSPS) is 10.5. The molecular formula is C11H18N2O2. The molecule has 1 rings (SSSR count). The summed E-state index contributed by atoms with van der Waals surface area (Å²) < 4.78 is 1.48. The van der Waals surface area contributed by atoms with Gasteiger partial charge in [0, 0.05) is 18.9 Å². The highest BCUT2D eigenvalue weighted by molar-refractivity contribution is 4.81. The fraction of sp³-hybridized carbons (Fsp3) is 0.636. The number of unbranched alkanes of at least 4 members (excludes halogenated alkanes) is 4. The molecule has 0 saturated heterocycles. The predicted octanol–water partition coefficient (Wildman–Crippen LogP) is 1.51. The van der Waals surface area contributed by atoms with Crippen LogP contribution in [-0.4, -0.2) is 9.55 Å². The van der Waals surface area contributed by atoms with Gasteiger partial charge in [0.15, 0.2) is 0 Å². The van der Waals surface area contributed by atoms with Crippen molar-refractivity contribution in [2.75, 3.05) is 0 Å². The minimum Gasteiger partial charge on any atom is -0.323 e. The minimum absolute atomic E-state index is 0.451. The minimum atomic E-state index is -0.536. The van der Waals surface area contributed by atoms with Crippen LogP contribution in [0, 0.1) is 0 Å². The zero-order valence-electron chi connectivity index (χ0n) is 9.16. The molecule has 4 heteroatoms. The highest BCUT2D eigenvalue weighted by Gasteiger charge is 1.98. The van der Waals surface area contributed by atoms with Gasteiger partial charge in [-0.2, -0.15) is 0 Å². The quantitative estimate of drug-likeness (QED) is 0.571. The van der Waals surface area contributed by atoms with Crippen LogP contribution < -0.4 is 11.1 Å². The molecule has 0 aliphatic rings. The van der Waals surface area contributed by atoms with E-state index in [4.69, 9.17) is 0 Å². The van der Waals surface area contributed by atoms with Gasteiger partial charge in [-0.25, -0.2) is 0 Å². The maximum Gasteiger partial charge on any atom is 0.316 e. The molecule has 0 bridgehead atoms. The molecule has 0 aliphatic heterocycles. The number of nitrogens with zero attached hydrogens (tertiary/aromatic N) is 1. The van der Waals surface area contributed by atoms with Crippen LogP contribution in [0.3, 0.4) is 0 Å². The molecule has 0 saturated carbocycles. The first-order valence-electron chi connectivity index (χ1n) is 5.54. The Morgan fingerprint density at radius 3 is 2.67 bits per heavy atom. The molecule has 0 unspecified atom stereocenters. The number of H-pyrrole nitrogens is 1. The Hall–Kier alpha value is -1.32. The van der Waals surface area contributed by atoms with Crippen molar-refractivity contribution in [2.24, 2.45) is 0 Å². The van der Waals surface area contributed by atoms with Gasteiger partial charge >= 0.3 is 11.1 Å². The van der Waals surface area contributed by atoms with Gasteiger partial charge in [-0.15, -0.1) is 0 Å². The van der Waals surface area contributed by atoms with Crippen molar-refractivity contribution in [1.82, 2.24) is 9.55 Å². The Bertz CT molecular complexity index is 392. The summed E-state index contributed by atoms with van der Waals surface area (Å²) in [6.45, 7) is 2.81. The Balaban J connectivity index is 2.41. The first-order valence-corrected chi connectivity index (χ1v) is 5.54. The first kappa shape index (κ1) is 11.8. The fourth-order valence-electron chi connectivity index (χ4n) is 1.52. The highest BCUT2D eigenvalue weighted by Crippen LogP contribution is 2.02. The van der Waals surface area contributed by atoms with Crippen LogP contribution in [-0.2, 0) is 6.54 Å². The van der Waals surface area contributed by atoms with Gasteiger partial charge in [0.1, 0.15) is 0 Å². The summed E-state index contributed by atoms with van der Waals surface area (Å²) in [5.41, 5.74) is -0.987. The summed E-state index contributed by atoms with van der Waals surface area (Å²) in [6, 6.07) is 0. The summed E-state index contributed by atoms with van der Waals surface area (Å²) >= 11 is 0. The van der Waals surface area contributed by atoms with Gasteiger partial charge in [0.2, 0.25) is 0 Å². The third kappa shape index (κ3) is 3.73. The molecule has 0 fully saturated rings. The van der Waals surface area contributed by atoms with Gasteiger partial charge in [0.25, 0.3) is 0 Å². The van der Waals surface area contributed by atoms with Crippen LogP contribution >= 0.6 is 0 Å². The van der Waals surface area contributed by atoms with E-state index in [1.807, 2.05) is 0 Å². The van der Waals surface area contributed by atoms with Gasteiger partial charge in [-0.1, -0.05) is 32.6 Å². The van der Waals surface area contributed by atoms with Gasteiger partial charge < -0.3 is 9.55 Å². The number of aromatic amines is 1. The highest BCUT2D eigenvalue weighted by atomic mass is 16.2. The topological polar surface area (TPSA) is 54.9 Å². The van der Waals surface area contributed by atoms with E-state index in [0.29, 0.717) is 6.54 Å². The van der Waals surface area contributed by atoms with Gasteiger partial charge in [-0.3, -0.25) is 9.59 Å². The number of hydrogen-bond donors (Lipinski definition) is 1. The van der Waals surface area contributed by atoms with Crippen LogP contribution in [0.5, 0.6) is 0 Å².